The van der Waals surface area contributed by atoms with Crippen LogP contribution in [-0.2, 0) is 8.85 Å². The maximum absolute atomic E-state index is 6.29. The predicted molar refractivity (Wildman–Crippen MR) is 222 cm³/mol. The van der Waals surface area contributed by atoms with E-state index in [2.05, 4.69) is 159 Å². The molecule has 0 radical (unpaired) electrons. The molecular formula is C35H61Br2IN5O2Si2+. The zero-order valence-electron chi connectivity index (χ0n) is 30.7. The van der Waals surface area contributed by atoms with Crippen molar-refractivity contribution in [3.05, 3.63) is 55.9 Å². The Morgan fingerprint density at radius 2 is 1.26 bits per heavy atom. The van der Waals surface area contributed by atoms with Gasteiger partial charge in [0.15, 0.2) is 16.6 Å². The van der Waals surface area contributed by atoms with Crippen LogP contribution in [0.25, 0.3) is 0 Å². The van der Waals surface area contributed by atoms with E-state index >= 15 is 0 Å². The molecule has 2 fully saturated rings. The lowest BCUT2D eigenvalue weighted by atomic mass is 10.1. The molecule has 0 saturated carbocycles. The summed E-state index contributed by atoms with van der Waals surface area (Å²) in [5.74, 6) is 0. The summed E-state index contributed by atoms with van der Waals surface area (Å²) in [6, 6.07) is 8.06. The minimum atomic E-state index is -1.61. The molecular weight excluding hydrogens is 865 g/mol. The highest BCUT2D eigenvalue weighted by atomic mass is 127. The highest BCUT2D eigenvalue weighted by Crippen LogP contribution is 2.37. The number of anilines is 1. The predicted octanol–water partition coefficient (Wildman–Crippen LogP) is 9.74. The smallest absolute Gasteiger partial charge is 0.192 e. The van der Waals surface area contributed by atoms with Gasteiger partial charge in [0.25, 0.3) is 0 Å². The second-order valence-electron chi connectivity index (χ2n) is 15.4. The molecule has 2 aliphatic heterocycles. The SMILES string of the molecule is Brc1ccc(I)cn1.CC(C)(C)[Si](C)(C)OCCN1CCN(c2ccc(Br)nc2)CC1.CC(C)(C)[Si](C)(C)OCCN1C[CH+]CCC1. The van der Waals surface area contributed by atoms with Crippen LogP contribution in [0.3, 0.4) is 0 Å². The van der Waals surface area contributed by atoms with Gasteiger partial charge >= 0.3 is 0 Å². The van der Waals surface area contributed by atoms with Gasteiger partial charge in [-0.2, -0.15) is 0 Å². The molecule has 0 unspecified atom stereocenters. The number of halogens is 3. The Bertz CT molecular complexity index is 1130. The van der Waals surface area contributed by atoms with Gasteiger partial charge in [-0.15, -0.1) is 0 Å². The number of hydrogen-bond acceptors (Lipinski definition) is 7. The average Bonchev–Trinajstić information content (AvgIpc) is 2.99. The molecule has 47 heavy (non-hydrogen) atoms. The molecule has 0 spiro atoms. The van der Waals surface area contributed by atoms with Gasteiger partial charge in [-0.25, -0.2) is 9.97 Å². The largest absolute Gasteiger partial charge is 0.416 e. The van der Waals surface area contributed by atoms with E-state index in [9.17, 15) is 0 Å². The lowest BCUT2D eigenvalue weighted by Crippen LogP contribution is -2.48. The summed E-state index contributed by atoms with van der Waals surface area (Å²) in [4.78, 5) is 15.7. The number of aromatic nitrogens is 2. The zero-order chi connectivity index (χ0) is 35.3. The Hall–Kier alpha value is -0.0662. The van der Waals surface area contributed by atoms with Gasteiger partial charge in [-0.3, -0.25) is 9.80 Å². The first-order valence-corrected chi connectivity index (χ1v) is 25.5. The molecule has 266 valence electrons. The van der Waals surface area contributed by atoms with Crippen molar-refractivity contribution >= 4 is 76.8 Å². The number of piperidine rings is 1. The maximum Gasteiger partial charge on any atom is 0.192 e. The number of rotatable bonds is 9. The van der Waals surface area contributed by atoms with Crippen molar-refractivity contribution in [2.45, 2.75) is 90.6 Å². The monoisotopic (exact) mass is 924 g/mol. The van der Waals surface area contributed by atoms with Crippen molar-refractivity contribution in [1.29, 1.82) is 0 Å². The second-order valence-corrected chi connectivity index (χ2v) is 27.9. The summed E-state index contributed by atoms with van der Waals surface area (Å²) in [5, 5.41) is 0.626. The third-order valence-corrected chi connectivity index (χ3v) is 20.4. The molecule has 0 amide bonds. The molecule has 2 aromatic rings. The van der Waals surface area contributed by atoms with Gasteiger partial charge in [0, 0.05) is 75.2 Å². The van der Waals surface area contributed by atoms with E-state index in [1.165, 1.54) is 25.1 Å². The van der Waals surface area contributed by atoms with Gasteiger partial charge in [0.2, 0.25) is 0 Å². The van der Waals surface area contributed by atoms with Crippen molar-refractivity contribution in [2.24, 2.45) is 0 Å². The van der Waals surface area contributed by atoms with Crippen LogP contribution in [0.2, 0.25) is 36.3 Å². The lowest BCUT2D eigenvalue weighted by Gasteiger charge is -2.38. The molecule has 12 heteroatoms. The maximum atomic E-state index is 6.29. The molecule has 0 aromatic carbocycles. The first-order valence-electron chi connectivity index (χ1n) is 17.0. The van der Waals surface area contributed by atoms with Gasteiger partial charge in [0.1, 0.15) is 15.8 Å². The number of piperazine rings is 1. The Labute approximate surface area is 320 Å². The molecule has 2 aromatic heterocycles. The quantitative estimate of drug-likeness (QED) is 0.108. The van der Waals surface area contributed by atoms with Crippen molar-refractivity contribution in [1.82, 2.24) is 19.8 Å². The topological polar surface area (TPSA) is 54.0 Å². The number of pyridine rings is 2. The minimum Gasteiger partial charge on any atom is -0.416 e. The molecule has 4 rings (SSSR count). The van der Waals surface area contributed by atoms with E-state index in [0.29, 0.717) is 10.1 Å². The number of nitrogens with zero attached hydrogens (tertiary/aromatic N) is 5. The lowest BCUT2D eigenvalue weighted by molar-refractivity contribution is 0.191. The van der Waals surface area contributed by atoms with E-state index < -0.39 is 16.6 Å². The summed E-state index contributed by atoms with van der Waals surface area (Å²) in [7, 11) is -3.14. The highest BCUT2D eigenvalue weighted by Gasteiger charge is 2.38. The Morgan fingerprint density at radius 3 is 1.66 bits per heavy atom. The Morgan fingerprint density at radius 1 is 0.745 bits per heavy atom. The minimum absolute atomic E-state index is 0.292. The van der Waals surface area contributed by atoms with Crippen LogP contribution in [-0.4, -0.2) is 102 Å². The first kappa shape index (κ1) is 43.1. The fourth-order valence-corrected chi connectivity index (χ4v) is 7.32. The standard InChI is InChI=1S/C17H30BrN3OSi.C13H28NOSi.C5H3BrIN/c1-17(2,3)23(4,5)22-13-12-20-8-10-21(11-9-20)15-6-7-16(18)19-14-15;1-13(2,3)16(4,5)15-12-11-14-9-7-6-8-10-14;6-5-2-1-4(7)3-8-5/h6-7,14H,8-13H2,1-5H3;7H,6,8-12H2,1-5H3;1-3H/q;+1;. The third-order valence-electron chi connectivity index (χ3n) is 9.76. The summed E-state index contributed by atoms with van der Waals surface area (Å²) < 4.78 is 15.4. The summed E-state index contributed by atoms with van der Waals surface area (Å²) in [6.45, 7) is 33.7. The second kappa shape index (κ2) is 20.1. The number of likely N-dealkylation sites (tertiary alicyclic amines) is 1. The fourth-order valence-electron chi connectivity index (χ4n) is 4.46. The van der Waals surface area contributed by atoms with Crippen molar-refractivity contribution < 1.29 is 8.85 Å². The Balaban J connectivity index is 0.000000275. The van der Waals surface area contributed by atoms with Crippen LogP contribution in [0.1, 0.15) is 54.4 Å². The van der Waals surface area contributed by atoms with Crippen LogP contribution in [0.4, 0.5) is 5.69 Å². The van der Waals surface area contributed by atoms with E-state index in [1.54, 1.807) is 0 Å². The average molecular weight is 927 g/mol. The summed E-state index contributed by atoms with van der Waals surface area (Å²) in [5.41, 5.74) is 1.21. The van der Waals surface area contributed by atoms with Gasteiger partial charge in [0.05, 0.1) is 24.7 Å². The van der Waals surface area contributed by atoms with Crippen LogP contribution in [0, 0.1) is 9.99 Å². The number of hydrogen-bond donors (Lipinski definition) is 0. The van der Waals surface area contributed by atoms with Crippen LogP contribution in [0.5, 0.6) is 0 Å². The van der Waals surface area contributed by atoms with Crippen LogP contribution >= 0.6 is 54.5 Å². The van der Waals surface area contributed by atoms with Gasteiger partial charge in [-0.05, 0) is 115 Å². The molecule has 2 saturated heterocycles. The molecule has 0 aliphatic carbocycles. The van der Waals surface area contributed by atoms with E-state index in [-0.39, 0.29) is 0 Å². The van der Waals surface area contributed by atoms with Gasteiger partial charge in [-0.1, -0.05) is 41.5 Å². The van der Waals surface area contributed by atoms with E-state index in [4.69, 9.17) is 8.85 Å². The van der Waals surface area contributed by atoms with E-state index in [0.717, 1.165) is 71.8 Å². The Kier molecular flexibility index (Phi) is 18.4. The highest BCUT2D eigenvalue weighted by molar-refractivity contribution is 14.1. The molecule has 2 aliphatic rings. The zero-order valence-corrected chi connectivity index (χ0v) is 38.0. The summed E-state index contributed by atoms with van der Waals surface area (Å²) >= 11 is 8.83. The van der Waals surface area contributed by atoms with Crippen LogP contribution in [0.15, 0.2) is 45.9 Å². The molecule has 4 heterocycles. The molecule has 0 N–H and O–H groups in total. The molecule has 0 atom stereocenters. The van der Waals surface area contributed by atoms with Crippen molar-refractivity contribution in [3.63, 3.8) is 0 Å². The van der Waals surface area contributed by atoms with E-state index in [1.807, 2.05) is 30.6 Å². The van der Waals surface area contributed by atoms with Crippen molar-refractivity contribution in [2.75, 3.05) is 70.5 Å². The fraction of sp³-hybridized carbons (Fsp3) is 0.686. The van der Waals surface area contributed by atoms with Crippen molar-refractivity contribution in [3.8, 4) is 0 Å². The van der Waals surface area contributed by atoms with Gasteiger partial charge < -0.3 is 13.8 Å². The first-order chi connectivity index (χ1) is 21.8. The normalized spacial score (nSPS) is 16.8. The molecule has 7 nitrogen and oxygen atoms in total. The van der Waals surface area contributed by atoms with Crippen LogP contribution < -0.4 is 4.90 Å². The third kappa shape index (κ3) is 16.2. The molecule has 0 bridgehead atoms. The summed E-state index contributed by atoms with van der Waals surface area (Å²) in [6.07, 6.45) is 8.75.